The fourth-order valence-corrected chi connectivity index (χ4v) is 3.25. The molecule has 4 heteroatoms. The highest BCUT2D eigenvalue weighted by atomic mass is 32.2. The van der Waals surface area contributed by atoms with Crippen LogP contribution in [-0.4, -0.2) is 36.5 Å². The van der Waals surface area contributed by atoms with Gasteiger partial charge in [-0.25, -0.2) is 0 Å². The summed E-state index contributed by atoms with van der Waals surface area (Å²) in [5.74, 6) is 1.22. The average Bonchev–Trinajstić information content (AvgIpc) is 2.32. The monoisotopic (exact) mass is 269 g/mol. The summed E-state index contributed by atoms with van der Waals surface area (Å²) in [5.41, 5.74) is 3.70. The maximum atomic E-state index is 11.9. The van der Waals surface area contributed by atoms with Gasteiger partial charge < -0.3 is 10.1 Å². The first-order valence-electron chi connectivity index (χ1n) is 6.16. The zero-order valence-corrected chi connectivity index (χ0v) is 12.5. The van der Waals surface area contributed by atoms with Gasteiger partial charge in [-0.2, -0.15) is 0 Å². The van der Waals surface area contributed by atoms with Crippen molar-refractivity contribution in [3.63, 3.8) is 0 Å². The van der Waals surface area contributed by atoms with E-state index >= 15 is 0 Å². The van der Waals surface area contributed by atoms with Crippen molar-refractivity contribution >= 4 is 10.8 Å². The summed E-state index contributed by atoms with van der Waals surface area (Å²) in [6.45, 7) is 4.73. The van der Waals surface area contributed by atoms with E-state index in [9.17, 15) is 4.21 Å². The number of ether oxygens (including phenoxy) is 1. The van der Waals surface area contributed by atoms with Crippen molar-refractivity contribution in [1.82, 2.24) is 5.32 Å². The molecule has 1 aromatic carbocycles. The van der Waals surface area contributed by atoms with Gasteiger partial charge in [-0.3, -0.25) is 4.21 Å². The Morgan fingerprint density at radius 1 is 1.28 bits per heavy atom. The molecule has 0 fully saturated rings. The highest BCUT2D eigenvalue weighted by molar-refractivity contribution is 7.85. The molecule has 0 aliphatic rings. The third-order valence-electron chi connectivity index (χ3n) is 2.86. The quantitative estimate of drug-likeness (QED) is 0.822. The predicted octanol–water partition coefficient (Wildman–Crippen LogP) is 1.96. The molecule has 0 saturated heterocycles. The molecule has 0 aliphatic heterocycles. The minimum atomic E-state index is -0.851. The van der Waals surface area contributed by atoms with Crippen LogP contribution >= 0.6 is 0 Å². The molecule has 1 rings (SSSR count). The molecule has 0 amide bonds. The van der Waals surface area contributed by atoms with Gasteiger partial charge in [0.2, 0.25) is 0 Å². The van der Waals surface area contributed by atoms with Crippen LogP contribution in [-0.2, 0) is 15.5 Å². The molecule has 0 saturated carbocycles. The number of nitrogens with one attached hydrogen (secondary N) is 1. The number of benzene rings is 1. The van der Waals surface area contributed by atoms with E-state index in [0.717, 1.165) is 0 Å². The molecule has 102 valence electrons. The van der Waals surface area contributed by atoms with Gasteiger partial charge >= 0.3 is 0 Å². The molecule has 0 radical (unpaired) electrons. The Kier molecular flexibility index (Phi) is 6.54. The molecule has 2 atom stereocenters. The van der Waals surface area contributed by atoms with E-state index in [1.54, 1.807) is 7.11 Å². The van der Waals surface area contributed by atoms with Crippen LogP contribution in [0.15, 0.2) is 18.2 Å². The maximum absolute atomic E-state index is 11.9. The van der Waals surface area contributed by atoms with Gasteiger partial charge in [-0.15, -0.1) is 0 Å². The Bertz CT molecular complexity index is 387. The Morgan fingerprint density at radius 3 is 2.39 bits per heavy atom. The fraction of sp³-hybridized carbons (Fsp3) is 0.571. The summed E-state index contributed by atoms with van der Waals surface area (Å²) in [4.78, 5) is 0. The molecule has 0 heterocycles. The minimum Gasteiger partial charge on any atom is -0.384 e. The van der Waals surface area contributed by atoms with Crippen LogP contribution in [0.25, 0.3) is 0 Å². The number of rotatable bonds is 7. The second kappa shape index (κ2) is 7.67. The Labute approximate surface area is 112 Å². The van der Waals surface area contributed by atoms with Crippen LogP contribution in [0, 0.1) is 13.8 Å². The van der Waals surface area contributed by atoms with E-state index in [4.69, 9.17) is 4.74 Å². The van der Waals surface area contributed by atoms with E-state index < -0.39 is 10.8 Å². The van der Waals surface area contributed by atoms with Crippen molar-refractivity contribution in [3.8, 4) is 0 Å². The smallest absolute Gasteiger partial charge is 0.0577 e. The van der Waals surface area contributed by atoms with E-state index in [-0.39, 0.29) is 6.04 Å². The van der Waals surface area contributed by atoms with Gasteiger partial charge in [-0.05, 0) is 26.5 Å². The van der Waals surface area contributed by atoms with Crippen molar-refractivity contribution in [3.05, 3.63) is 34.9 Å². The number of aryl methyl sites for hydroxylation is 2. The lowest BCUT2D eigenvalue weighted by molar-refractivity contribution is 0.218. The predicted molar refractivity (Wildman–Crippen MR) is 77.5 cm³/mol. The molecular formula is C14H23NO2S. The largest absolute Gasteiger partial charge is 0.384 e. The second-order valence-corrected chi connectivity index (χ2v) is 6.19. The highest BCUT2D eigenvalue weighted by Gasteiger charge is 2.13. The normalized spacial score (nSPS) is 14.4. The van der Waals surface area contributed by atoms with Crippen molar-refractivity contribution in [2.75, 3.05) is 32.3 Å². The molecule has 1 aromatic rings. The zero-order valence-electron chi connectivity index (χ0n) is 11.7. The molecule has 1 N–H and O–H groups in total. The van der Waals surface area contributed by atoms with Gasteiger partial charge in [0.1, 0.15) is 0 Å². The number of hydrogen-bond donors (Lipinski definition) is 1. The fourth-order valence-electron chi connectivity index (χ4n) is 2.00. The Balaban J connectivity index is 2.73. The van der Waals surface area contributed by atoms with Gasteiger partial charge in [0.05, 0.1) is 6.61 Å². The van der Waals surface area contributed by atoms with Crippen molar-refractivity contribution in [2.45, 2.75) is 19.9 Å². The van der Waals surface area contributed by atoms with Crippen LogP contribution < -0.4 is 5.32 Å². The van der Waals surface area contributed by atoms with E-state index in [2.05, 4.69) is 37.4 Å². The van der Waals surface area contributed by atoms with Crippen LogP contribution in [0.4, 0.5) is 0 Å². The van der Waals surface area contributed by atoms with Crippen LogP contribution in [0.1, 0.15) is 22.7 Å². The zero-order chi connectivity index (χ0) is 13.5. The van der Waals surface area contributed by atoms with Gasteiger partial charge in [0.15, 0.2) is 0 Å². The standard InChI is InChI=1S/C14H23NO2S/c1-11-7-12(2)9-13(8-11)14(15-3)10-18(16)6-5-17-4/h7-9,14-15H,5-6,10H2,1-4H3. The number of hydrogen-bond acceptors (Lipinski definition) is 3. The summed E-state index contributed by atoms with van der Waals surface area (Å²) in [7, 11) is 2.70. The molecule has 0 bridgehead atoms. The van der Waals surface area contributed by atoms with Crippen molar-refractivity contribution in [2.24, 2.45) is 0 Å². The summed E-state index contributed by atoms with van der Waals surface area (Å²) in [5, 5.41) is 3.25. The number of methoxy groups -OCH3 is 1. The minimum absolute atomic E-state index is 0.140. The summed E-state index contributed by atoms with van der Waals surface area (Å²) >= 11 is 0. The van der Waals surface area contributed by atoms with E-state index in [0.29, 0.717) is 18.1 Å². The van der Waals surface area contributed by atoms with Gasteiger partial charge in [0, 0.05) is 35.5 Å². The lowest BCUT2D eigenvalue weighted by Gasteiger charge is -2.17. The Hall–Kier alpha value is -0.710. The summed E-state index contributed by atoms with van der Waals surface area (Å²) in [6.07, 6.45) is 0. The first-order chi connectivity index (χ1) is 8.56. The van der Waals surface area contributed by atoms with Gasteiger partial charge in [0.25, 0.3) is 0 Å². The first-order valence-corrected chi connectivity index (χ1v) is 7.65. The SMILES string of the molecule is CNC(CS(=O)CCOC)c1cc(C)cc(C)c1. The molecular weight excluding hydrogens is 246 g/mol. The molecule has 0 spiro atoms. The van der Waals surface area contributed by atoms with Gasteiger partial charge in [-0.1, -0.05) is 29.3 Å². The second-order valence-electron chi connectivity index (χ2n) is 4.57. The molecule has 3 nitrogen and oxygen atoms in total. The summed E-state index contributed by atoms with van der Waals surface area (Å²) in [6, 6.07) is 6.60. The highest BCUT2D eigenvalue weighted by Crippen LogP contribution is 2.17. The van der Waals surface area contributed by atoms with E-state index in [1.807, 2.05) is 7.05 Å². The third kappa shape index (κ3) is 4.88. The van der Waals surface area contributed by atoms with Crippen LogP contribution in [0.3, 0.4) is 0 Å². The van der Waals surface area contributed by atoms with E-state index in [1.165, 1.54) is 16.7 Å². The molecule has 0 aromatic heterocycles. The molecule has 2 unspecified atom stereocenters. The average molecular weight is 269 g/mol. The molecule has 18 heavy (non-hydrogen) atoms. The lowest BCUT2D eigenvalue weighted by Crippen LogP contribution is -2.24. The molecule has 0 aliphatic carbocycles. The Morgan fingerprint density at radius 2 is 1.89 bits per heavy atom. The first kappa shape index (κ1) is 15.3. The van der Waals surface area contributed by atoms with Crippen molar-refractivity contribution in [1.29, 1.82) is 0 Å². The maximum Gasteiger partial charge on any atom is 0.0577 e. The third-order valence-corrected chi connectivity index (χ3v) is 4.19. The van der Waals surface area contributed by atoms with Crippen LogP contribution in [0.5, 0.6) is 0 Å². The topological polar surface area (TPSA) is 38.3 Å². The lowest BCUT2D eigenvalue weighted by atomic mass is 10.0. The van der Waals surface area contributed by atoms with Crippen molar-refractivity contribution < 1.29 is 8.95 Å². The van der Waals surface area contributed by atoms with Crippen LogP contribution in [0.2, 0.25) is 0 Å². The summed E-state index contributed by atoms with van der Waals surface area (Å²) < 4.78 is 16.9.